The highest BCUT2D eigenvalue weighted by atomic mass is 16.6. The van der Waals surface area contributed by atoms with Crippen LogP contribution in [0.5, 0.6) is 28.7 Å². The molecule has 16 rings (SSSR count). The van der Waals surface area contributed by atoms with Gasteiger partial charge in [-0.25, -0.2) is 38.6 Å². The van der Waals surface area contributed by atoms with E-state index in [2.05, 4.69) is 73.0 Å². The van der Waals surface area contributed by atoms with Crippen LogP contribution in [0.3, 0.4) is 0 Å². The Hall–Kier alpha value is -13.5. The summed E-state index contributed by atoms with van der Waals surface area (Å²) in [5.74, 6) is 2.65. The number of phenolic OH excluding ortho intramolecular Hbond substituents is 1. The number of carbonyl (C=O) groups excluding carboxylic acids is 10. The number of ether oxygens (including phenoxy) is 10. The minimum absolute atomic E-state index is 0.0166. The van der Waals surface area contributed by atoms with Crippen molar-refractivity contribution in [2.24, 2.45) is 23.7 Å². The molecular weight excluding hydrogens is 1810 g/mol. The second-order valence-electron chi connectivity index (χ2n) is 44.0. The van der Waals surface area contributed by atoms with E-state index in [-0.39, 0.29) is 102 Å². The third-order valence-corrected chi connectivity index (χ3v) is 25.6. The Labute approximate surface area is 834 Å². The van der Waals surface area contributed by atoms with E-state index in [4.69, 9.17) is 53.1 Å². The number of aromatic hydroxyl groups is 1. The number of nitrogens with one attached hydrogen (secondary N) is 2. The number of aryl methyl sites for hydroxylation is 2. The number of nitrogens with two attached hydrogens (primary N) is 1. The lowest BCUT2D eigenvalue weighted by atomic mass is 9.80. The van der Waals surface area contributed by atoms with Crippen LogP contribution < -0.4 is 35.3 Å². The van der Waals surface area contributed by atoms with Gasteiger partial charge in [0.15, 0.2) is 0 Å². The third kappa shape index (κ3) is 28.9. The lowest BCUT2D eigenvalue weighted by Gasteiger charge is -2.39. The van der Waals surface area contributed by atoms with E-state index in [1.54, 1.807) is 104 Å². The average Bonchev–Trinajstić information content (AvgIpc) is 1.64. The van der Waals surface area contributed by atoms with Crippen LogP contribution in [0, 0.1) is 37.5 Å². The standard InChI is InChI=1S/C31H40N2O6.C30H39N3O6.C26H32N2O4.C25H30N2O5/c1-20-8-10-21(11-9-20)25-14-15-32(28(35)38-30(2,3)4)17-23(25)19-37-24-13-12-22-18-33(27(34)26(22)16-24)29(36)39-31(5,6)7;1-29(2,3)38-27(35)32-14-13-24(19-7-10-22(31)11-8-19)21(16-32)18-37-23-12-9-20-17-33(26(34)25(20)15-23)28(36)39-30(4,5)6;1-17-5-7-18(8-6-17)22-11-12-28(25(30)32-26(2,3)4)15-20(22)16-31-21-10-9-19-14-27-24(29)23(19)13-21;1-25(2,3)32-24(30)27-11-10-21(16-4-7-19(28)8-5-16)18(14-27)15-31-20-9-6-17-13-26-23(29)22(17)12-20/h8-13,16,23,25H,14-15,17-19H2,1-7H3;7-12,15,21,24H,13-14,16-18,31H2,1-6H3;5-10,13,20,22H,11-12,14-16H2,1-4H3,(H,27,29);4-9,12,18,21,28H,10-11,13-15H2,1-3H3,(H,26,29)/t23-,25-;21-,24-;20-,22-;18-,21-/m0000/s1. The van der Waals surface area contributed by atoms with Crippen LogP contribution in [0.25, 0.3) is 0 Å². The molecule has 0 bridgehead atoms. The summed E-state index contributed by atoms with van der Waals surface area (Å²) < 4.78 is 57.9. The van der Waals surface area contributed by atoms with Crippen LogP contribution in [0.15, 0.2) is 170 Å². The molecule has 30 heteroatoms. The summed E-state index contributed by atoms with van der Waals surface area (Å²) in [4.78, 5) is 135. The van der Waals surface area contributed by atoms with Gasteiger partial charge in [-0.1, -0.05) is 108 Å². The number of imide groups is 2. The topological polar surface area (TPSA) is 353 Å². The highest BCUT2D eigenvalue weighted by molar-refractivity contribution is 6.07. The van der Waals surface area contributed by atoms with Gasteiger partial charge in [-0.3, -0.25) is 19.2 Å². The molecule has 8 aliphatic heterocycles. The van der Waals surface area contributed by atoms with Crippen molar-refractivity contribution in [3.8, 4) is 28.7 Å². The number of likely N-dealkylation sites (tertiary alicyclic amines) is 4. The van der Waals surface area contributed by atoms with Gasteiger partial charge in [0.05, 0.1) is 39.5 Å². The van der Waals surface area contributed by atoms with E-state index in [0.29, 0.717) is 143 Å². The number of nitrogens with zero attached hydrogens (tertiary/aromatic N) is 6. The smallest absolute Gasteiger partial charge is 0.417 e. The molecule has 4 saturated heterocycles. The SMILES string of the molecule is CC(C)(C)OC(=O)N1CC[C@@H](c2ccc(N)cc2)[C@H](COc2ccc3c(c2)C(=O)N(C(=O)OC(C)(C)C)C3)C1.CC(C)(C)OC(=O)N1CC[C@@H](c2ccc(O)cc2)[C@H](COc2ccc3c(c2)C(=O)NC3)C1.Cc1ccc([C@@H]2CCN(C(=O)OC(C)(C)C)C[C@H]2COc2ccc3c(c2)C(=O)N(C(=O)OC(C)(C)C)C3)cc1.Cc1ccc([C@@H]2CCN(C(=O)OC(C)(C)C)C[C@H]2COc2ccc3c(c2)C(=O)NC3)cc1. The van der Waals surface area contributed by atoms with Crippen molar-refractivity contribution >= 4 is 65.9 Å². The van der Waals surface area contributed by atoms with E-state index in [9.17, 15) is 53.1 Å². The number of hydrogen-bond donors (Lipinski definition) is 4. The van der Waals surface area contributed by atoms with Crippen molar-refractivity contribution in [1.82, 2.24) is 40.0 Å². The van der Waals surface area contributed by atoms with Crippen LogP contribution in [-0.2, 0) is 54.6 Å². The molecule has 8 aromatic carbocycles. The maximum absolute atomic E-state index is 13.0. The number of benzene rings is 8. The zero-order valence-corrected chi connectivity index (χ0v) is 85.8. The van der Waals surface area contributed by atoms with Gasteiger partial charge in [0.25, 0.3) is 23.6 Å². The van der Waals surface area contributed by atoms with E-state index in [0.717, 1.165) is 68.9 Å². The number of hydrogen-bond acceptors (Lipinski definition) is 22. The molecule has 0 spiro atoms. The second kappa shape index (κ2) is 44.3. The van der Waals surface area contributed by atoms with Crippen molar-refractivity contribution < 1.29 is 100 Å². The lowest BCUT2D eigenvalue weighted by molar-refractivity contribution is 0.0101. The fourth-order valence-corrected chi connectivity index (χ4v) is 18.7. The Bertz CT molecular complexity index is 5510. The molecule has 0 saturated carbocycles. The second-order valence-corrected chi connectivity index (χ2v) is 44.0. The van der Waals surface area contributed by atoms with E-state index in [1.165, 1.54) is 22.3 Å². The Morgan fingerprint density at radius 2 is 0.563 bits per heavy atom. The van der Waals surface area contributed by atoms with Crippen LogP contribution >= 0.6 is 0 Å². The quantitative estimate of drug-likeness (QED) is 0.0515. The Morgan fingerprint density at radius 1 is 0.324 bits per heavy atom. The van der Waals surface area contributed by atoms with Gasteiger partial charge < -0.3 is 88.4 Å². The van der Waals surface area contributed by atoms with Crippen molar-refractivity contribution in [1.29, 1.82) is 0 Å². The molecule has 0 unspecified atom stereocenters. The zero-order valence-electron chi connectivity index (χ0n) is 85.8. The molecule has 8 atom stereocenters. The van der Waals surface area contributed by atoms with Gasteiger partial charge in [0, 0.05) is 117 Å². The molecule has 10 amide bonds. The summed E-state index contributed by atoms with van der Waals surface area (Å²) in [6.07, 6.45) is 0.592. The highest BCUT2D eigenvalue weighted by Crippen LogP contribution is 2.42. The Balaban J connectivity index is 0.000000160. The molecule has 0 aliphatic carbocycles. The number of anilines is 1. The first-order chi connectivity index (χ1) is 66.8. The van der Waals surface area contributed by atoms with Crippen molar-refractivity contribution in [3.05, 3.63) is 248 Å². The predicted octanol–water partition coefficient (Wildman–Crippen LogP) is 20.6. The number of carbonyl (C=O) groups is 10. The molecule has 142 heavy (non-hydrogen) atoms. The first-order valence-electron chi connectivity index (χ1n) is 49.2. The summed E-state index contributed by atoms with van der Waals surface area (Å²) >= 11 is 0. The lowest BCUT2D eigenvalue weighted by Crippen LogP contribution is -2.46. The third-order valence-electron chi connectivity index (χ3n) is 25.6. The summed E-state index contributed by atoms with van der Waals surface area (Å²) in [5, 5.41) is 15.3. The molecule has 5 N–H and O–H groups in total. The number of rotatable bonds is 16. The van der Waals surface area contributed by atoms with Crippen molar-refractivity contribution in [3.63, 3.8) is 0 Å². The fraction of sp³-hybridized carbons (Fsp3) is 0.482. The summed E-state index contributed by atoms with van der Waals surface area (Å²) in [6.45, 7) is 44.6. The zero-order chi connectivity index (χ0) is 103. The summed E-state index contributed by atoms with van der Waals surface area (Å²) in [5.41, 5.74) is 15.8. The summed E-state index contributed by atoms with van der Waals surface area (Å²) in [7, 11) is 0. The average molecular weight is 1950 g/mol. The molecule has 8 aromatic rings. The van der Waals surface area contributed by atoms with E-state index >= 15 is 0 Å². The number of nitrogen functional groups attached to an aromatic ring is 1. The van der Waals surface area contributed by atoms with Crippen LogP contribution in [0.4, 0.5) is 34.5 Å². The Kier molecular flexibility index (Phi) is 33.0. The Morgan fingerprint density at radius 3 is 0.831 bits per heavy atom. The maximum atomic E-state index is 13.0. The molecule has 0 aromatic heterocycles. The number of phenols is 1. The summed E-state index contributed by atoms with van der Waals surface area (Å²) in [6, 6.07) is 54.0. The van der Waals surface area contributed by atoms with Gasteiger partial charge in [-0.2, -0.15) is 0 Å². The molecule has 8 heterocycles. The van der Waals surface area contributed by atoms with E-state index < -0.39 is 57.6 Å². The fourth-order valence-electron chi connectivity index (χ4n) is 18.7. The predicted molar refractivity (Wildman–Crippen MR) is 538 cm³/mol. The number of fused-ring (bicyclic) bond motifs is 4. The maximum Gasteiger partial charge on any atom is 0.417 e. The number of piperidine rings is 4. The molecule has 4 fully saturated rings. The first kappa shape index (κ1) is 106. The molecule has 0 radical (unpaired) electrons. The van der Waals surface area contributed by atoms with Gasteiger partial charge in [-0.05, 0) is 305 Å². The highest BCUT2D eigenvalue weighted by Gasteiger charge is 2.43. The van der Waals surface area contributed by atoms with Gasteiger partial charge in [-0.15, -0.1) is 0 Å². The van der Waals surface area contributed by atoms with E-state index in [1.807, 2.05) is 162 Å². The van der Waals surface area contributed by atoms with Crippen molar-refractivity contribution in [2.75, 3.05) is 84.5 Å². The molecule has 30 nitrogen and oxygen atoms in total. The molecular formula is C112H141N9O21. The van der Waals surface area contributed by atoms with Crippen LogP contribution in [0.2, 0.25) is 0 Å². The van der Waals surface area contributed by atoms with Gasteiger partial charge >= 0.3 is 36.6 Å². The first-order valence-corrected chi connectivity index (χ1v) is 49.2. The minimum Gasteiger partial charge on any atom is -0.508 e. The van der Waals surface area contributed by atoms with Crippen LogP contribution in [0.1, 0.15) is 271 Å². The monoisotopic (exact) mass is 1950 g/mol. The minimum atomic E-state index is -0.700. The van der Waals surface area contributed by atoms with Gasteiger partial charge in [0.2, 0.25) is 0 Å². The number of amides is 10. The molecule has 8 aliphatic rings. The van der Waals surface area contributed by atoms with Crippen molar-refractivity contribution in [2.45, 2.75) is 248 Å². The normalized spacial score (nSPS) is 19.9. The largest absolute Gasteiger partial charge is 0.508 e. The van der Waals surface area contributed by atoms with Gasteiger partial charge in [0.1, 0.15) is 62.4 Å². The molecule has 760 valence electrons. The van der Waals surface area contributed by atoms with Crippen LogP contribution in [-0.4, -0.2) is 207 Å².